The van der Waals surface area contributed by atoms with E-state index in [-0.39, 0.29) is 18.2 Å². The van der Waals surface area contributed by atoms with Crippen LogP contribution in [-0.2, 0) is 6.54 Å². The zero-order valence-corrected chi connectivity index (χ0v) is 12.7. The fraction of sp³-hybridized carbons (Fsp3) is 0.294. The van der Waals surface area contributed by atoms with Crippen LogP contribution >= 0.6 is 0 Å². The molecule has 2 heterocycles. The first kappa shape index (κ1) is 14.2. The van der Waals surface area contributed by atoms with Crippen molar-refractivity contribution in [3.05, 3.63) is 67.0 Å². The SMILES string of the molecule is O[C@@H]1C[C@H](NCc2nccn2-c2ccccc2)[C@H]1n1cccn1. The van der Waals surface area contributed by atoms with Gasteiger partial charge in [0, 0.05) is 36.5 Å². The molecule has 118 valence electrons. The molecule has 6 heteroatoms. The number of aliphatic hydroxyl groups excluding tert-OH is 1. The van der Waals surface area contributed by atoms with Crippen molar-refractivity contribution >= 4 is 0 Å². The molecule has 3 atom stereocenters. The van der Waals surface area contributed by atoms with E-state index in [9.17, 15) is 5.11 Å². The van der Waals surface area contributed by atoms with Gasteiger partial charge in [-0.3, -0.25) is 4.68 Å². The average Bonchev–Trinajstić information content (AvgIpc) is 3.23. The van der Waals surface area contributed by atoms with Crippen LogP contribution in [-0.4, -0.2) is 36.6 Å². The first-order chi connectivity index (χ1) is 11.3. The van der Waals surface area contributed by atoms with Gasteiger partial charge in [0.1, 0.15) is 5.82 Å². The van der Waals surface area contributed by atoms with Gasteiger partial charge in [-0.05, 0) is 24.6 Å². The maximum absolute atomic E-state index is 10.0. The Morgan fingerprint density at radius 3 is 2.74 bits per heavy atom. The summed E-state index contributed by atoms with van der Waals surface area (Å²) in [5.41, 5.74) is 1.10. The molecular formula is C17H19N5O. The van der Waals surface area contributed by atoms with Crippen molar-refractivity contribution in [2.75, 3.05) is 0 Å². The van der Waals surface area contributed by atoms with Crippen LogP contribution in [0, 0.1) is 0 Å². The van der Waals surface area contributed by atoms with Crippen LogP contribution in [0.1, 0.15) is 18.3 Å². The van der Waals surface area contributed by atoms with Crippen LogP contribution in [0.2, 0.25) is 0 Å². The molecule has 0 amide bonds. The predicted molar refractivity (Wildman–Crippen MR) is 86.1 cm³/mol. The lowest BCUT2D eigenvalue weighted by atomic mass is 9.83. The van der Waals surface area contributed by atoms with Gasteiger partial charge in [-0.25, -0.2) is 4.98 Å². The molecule has 1 fully saturated rings. The molecule has 6 nitrogen and oxygen atoms in total. The first-order valence-corrected chi connectivity index (χ1v) is 7.81. The third-order valence-corrected chi connectivity index (χ3v) is 4.41. The van der Waals surface area contributed by atoms with Gasteiger partial charge in [0.05, 0.1) is 18.7 Å². The van der Waals surface area contributed by atoms with E-state index in [0.29, 0.717) is 6.54 Å². The Morgan fingerprint density at radius 2 is 2.00 bits per heavy atom. The number of benzene rings is 1. The molecular weight excluding hydrogens is 290 g/mol. The van der Waals surface area contributed by atoms with E-state index in [1.54, 1.807) is 6.20 Å². The van der Waals surface area contributed by atoms with Crippen molar-refractivity contribution in [1.29, 1.82) is 0 Å². The molecule has 1 saturated carbocycles. The summed E-state index contributed by atoms with van der Waals surface area (Å²) in [4.78, 5) is 4.45. The minimum atomic E-state index is -0.346. The molecule has 0 spiro atoms. The van der Waals surface area contributed by atoms with Crippen LogP contribution in [0.4, 0.5) is 0 Å². The van der Waals surface area contributed by atoms with Gasteiger partial charge >= 0.3 is 0 Å². The summed E-state index contributed by atoms with van der Waals surface area (Å²) < 4.78 is 3.90. The Bertz CT molecular complexity index is 752. The normalized spacial score (nSPS) is 23.6. The minimum absolute atomic E-state index is 0.00913. The van der Waals surface area contributed by atoms with E-state index < -0.39 is 0 Å². The van der Waals surface area contributed by atoms with Crippen LogP contribution in [0.5, 0.6) is 0 Å². The molecule has 0 aliphatic heterocycles. The summed E-state index contributed by atoms with van der Waals surface area (Å²) in [5.74, 6) is 0.955. The molecule has 1 aliphatic carbocycles. The fourth-order valence-electron chi connectivity index (χ4n) is 3.14. The Balaban J connectivity index is 1.45. The van der Waals surface area contributed by atoms with Crippen molar-refractivity contribution < 1.29 is 5.11 Å². The number of aliphatic hydroxyl groups is 1. The Labute approximate surface area is 134 Å². The number of nitrogens with one attached hydrogen (secondary N) is 1. The quantitative estimate of drug-likeness (QED) is 0.750. The zero-order chi connectivity index (χ0) is 15.6. The minimum Gasteiger partial charge on any atom is -0.391 e. The second kappa shape index (κ2) is 5.98. The standard InChI is InChI=1S/C17H19N5O/c23-15-11-14(17(15)22-9-4-7-20-22)19-12-16-18-8-10-21(16)13-5-2-1-3-6-13/h1-10,14-15,17,19,23H,11-12H2/t14-,15+,17+/m0/s1. The van der Waals surface area contributed by atoms with Gasteiger partial charge in [-0.1, -0.05) is 18.2 Å². The molecule has 3 aromatic rings. The third kappa shape index (κ3) is 2.67. The summed E-state index contributed by atoms with van der Waals surface area (Å²) in [6.45, 7) is 0.650. The van der Waals surface area contributed by atoms with Crippen LogP contribution in [0.15, 0.2) is 61.2 Å². The highest BCUT2D eigenvalue weighted by Gasteiger charge is 2.41. The average molecular weight is 309 g/mol. The van der Waals surface area contributed by atoms with Crippen molar-refractivity contribution in [3.63, 3.8) is 0 Å². The van der Waals surface area contributed by atoms with Crippen LogP contribution < -0.4 is 5.32 Å². The molecule has 1 aromatic carbocycles. The van der Waals surface area contributed by atoms with Crippen molar-refractivity contribution in [2.45, 2.75) is 31.2 Å². The number of hydrogen-bond donors (Lipinski definition) is 2. The topological polar surface area (TPSA) is 67.9 Å². The number of rotatable bonds is 5. The summed E-state index contributed by atoms with van der Waals surface area (Å²) in [6.07, 6.45) is 7.80. The largest absolute Gasteiger partial charge is 0.391 e. The lowest BCUT2D eigenvalue weighted by Gasteiger charge is -2.42. The molecule has 2 aromatic heterocycles. The second-order valence-corrected chi connectivity index (χ2v) is 5.82. The first-order valence-electron chi connectivity index (χ1n) is 7.81. The fourth-order valence-corrected chi connectivity index (χ4v) is 3.14. The summed E-state index contributed by atoms with van der Waals surface area (Å²) in [5, 5.41) is 17.8. The second-order valence-electron chi connectivity index (χ2n) is 5.82. The van der Waals surface area contributed by atoms with Gasteiger partial charge < -0.3 is 15.0 Å². The number of aromatic nitrogens is 4. The number of imidazole rings is 1. The lowest BCUT2D eigenvalue weighted by Crippen LogP contribution is -2.54. The number of para-hydroxylation sites is 1. The molecule has 0 saturated heterocycles. The van der Waals surface area contributed by atoms with E-state index in [2.05, 4.69) is 32.1 Å². The predicted octanol–water partition coefficient (Wildman–Crippen LogP) is 1.53. The van der Waals surface area contributed by atoms with E-state index >= 15 is 0 Å². The highest BCUT2D eigenvalue weighted by atomic mass is 16.3. The Morgan fingerprint density at radius 1 is 1.13 bits per heavy atom. The highest BCUT2D eigenvalue weighted by Crippen LogP contribution is 2.32. The lowest BCUT2D eigenvalue weighted by molar-refractivity contribution is -0.00847. The van der Waals surface area contributed by atoms with E-state index in [1.807, 2.05) is 47.5 Å². The maximum Gasteiger partial charge on any atom is 0.127 e. The smallest absolute Gasteiger partial charge is 0.127 e. The molecule has 4 rings (SSSR count). The van der Waals surface area contributed by atoms with Gasteiger partial charge in [-0.2, -0.15) is 5.10 Å². The molecule has 2 N–H and O–H groups in total. The third-order valence-electron chi connectivity index (χ3n) is 4.41. The van der Waals surface area contributed by atoms with Crippen LogP contribution in [0.25, 0.3) is 5.69 Å². The van der Waals surface area contributed by atoms with Crippen molar-refractivity contribution in [1.82, 2.24) is 24.6 Å². The molecule has 0 radical (unpaired) electrons. The van der Waals surface area contributed by atoms with E-state index in [0.717, 1.165) is 17.9 Å². The summed E-state index contributed by atoms with van der Waals surface area (Å²) in [6, 6.07) is 12.2. The highest BCUT2D eigenvalue weighted by molar-refractivity contribution is 5.32. The van der Waals surface area contributed by atoms with Gasteiger partial charge in [0.2, 0.25) is 0 Å². The summed E-state index contributed by atoms with van der Waals surface area (Å²) >= 11 is 0. The van der Waals surface area contributed by atoms with Gasteiger partial charge in [0.15, 0.2) is 0 Å². The number of hydrogen-bond acceptors (Lipinski definition) is 4. The van der Waals surface area contributed by atoms with Crippen LogP contribution in [0.3, 0.4) is 0 Å². The van der Waals surface area contributed by atoms with E-state index in [1.165, 1.54) is 0 Å². The molecule has 0 bridgehead atoms. The van der Waals surface area contributed by atoms with Gasteiger partial charge in [-0.15, -0.1) is 0 Å². The molecule has 1 aliphatic rings. The van der Waals surface area contributed by atoms with Gasteiger partial charge in [0.25, 0.3) is 0 Å². The Hall–Kier alpha value is -2.44. The number of nitrogens with zero attached hydrogens (tertiary/aromatic N) is 4. The zero-order valence-electron chi connectivity index (χ0n) is 12.7. The van der Waals surface area contributed by atoms with Crippen molar-refractivity contribution in [2.24, 2.45) is 0 Å². The summed E-state index contributed by atoms with van der Waals surface area (Å²) in [7, 11) is 0. The Kier molecular flexibility index (Phi) is 3.69. The van der Waals surface area contributed by atoms with Crippen molar-refractivity contribution in [3.8, 4) is 5.69 Å². The maximum atomic E-state index is 10.0. The van der Waals surface area contributed by atoms with E-state index in [4.69, 9.17) is 0 Å². The molecule has 23 heavy (non-hydrogen) atoms. The monoisotopic (exact) mass is 309 g/mol. The molecule has 0 unspecified atom stereocenters.